The molecule has 0 spiro atoms. The molecule has 5 heteroatoms. The van der Waals surface area contributed by atoms with Gasteiger partial charge in [-0.05, 0) is 59.6 Å². The first-order valence-electron chi connectivity index (χ1n) is 6.08. The smallest absolute Gasteiger partial charge is 0.320 e. The van der Waals surface area contributed by atoms with Gasteiger partial charge in [0.25, 0.3) is 0 Å². The van der Waals surface area contributed by atoms with Crippen LogP contribution < -0.4 is 0 Å². The summed E-state index contributed by atoms with van der Waals surface area (Å²) in [5.74, 6) is -0.919. The molecular weight excluding hydrogens is 254 g/mol. The van der Waals surface area contributed by atoms with Crippen molar-refractivity contribution in [3.05, 3.63) is 0 Å². The van der Waals surface area contributed by atoms with Gasteiger partial charge in [-0.15, -0.1) is 0 Å². The van der Waals surface area contributed by atoms with Gasteiger partial charge in [0.05, 0.1) is 0 Å². The fourth-order valence-electron chi connectivity index (χ4n) is 2.55. The zero-order chi connectivity index (χ0) is 14.7. The lowest BCUT2D eigenvalue weighted by Crippen LogP contribution is -2.60. The summed E-state index contributed by atoms with van der Waals surface area (Å²) in [4.78, 5) is 24.2. The van der Waals surface area contributed by atoms with E-state index in [-0.39, 0.29) is 23.9 Å². The predicted molar refractivity (Wildman–Crippen MR) is 72.9 cm³/mol. The normalized spacial score (nSPS) is 14.7. The van der Waals surface area contributed by atoms with E-state index in [4.69, 9.17) is 11.6 Å². The molecule has 0 aromatic carbocycles. The lowest BCUT2D eigenvalue weighted by molar-refractivity contribution is -0.150. The van der Waals surface area contributed by atoms with E-state index in [0.29, 0.717) is 0 Å². The van der Waals surface area contributed by atoms with Gasteiger partial charge < -0.3 is 5.11 Å². The molecule has 0 radical (unpaired) electrons. The monoisotopic (exact) mass is 277 g/mol. The van der Waals surface area contributed by atoms with Gasteiger partial charge in [0.1, 0.15) is 6.04 Å². The number of carbonyl (C=O) groups excluding carboxylic acids is 1. The van der Waals surface area contributed by atoms with E-state index in [0.717, 1.165) is 0 Å². The molecular formula is C13H24ClNO3. The van der Waals surface area contributed by atoms with Crippen molar-refractivity contribution in [3.8, 4) is 0 Å². The summed E-state index contributed by atoms with van der Waals surface area (Å²) < 4.78 is 0. The van der Waals surface area contributed by atoms with Crippen LogP contribution in [0.1, 0.15) is 54.4 Å². The van der Waals surface area contributed by atoms with Crippen molar-refractivity contribution >= 4 is 22.8 Å². The summed E-state index contributed by atoms with van der Waals surface area (Å²) in [6.45, 7) is 11.8. The minimum atomic E-state index is -0.919. The number of rotatable bonds is 5. The summed E-state index contributed by atoms with van der Waals surface area (Å²) in [6, 6.07) is -0.715. The van der Waals surface area contributed by atoms with E-state index < -0.39 is 17.3 Å². The first kappa shape index (κ1) is 17.4. The fourth-order valence-corrected chi connectivity index (χ4v) is 2.66. The highest BCUT2D eigenvalue weighted by atomic mass is 35.5. The second kappa shape index (κ2) is 6.02. The van der Waals surface area contributed by atoms with Gasteiger partial charge in [-0.3, -0.25) is 14.5 Å². The molecule has 0 saturated heterocycles. The molecule has 0 unspecified atom stereocenters. The van der Waals surface area contributed by atoms with Crippen molar-refractivity contribution in [2.24, 2.45) is 0 Å². The van der Waals surface area contributed by atoms with Crippen molar-refractivity contribution in [1.29, 1.82) is 0 Å². The van der Waals surface area contributed by atoms with Gasteiger partial charge in [0.2, 0.25) is 5.24 Å². The number of carboxylic acid groups (broad SMARTS) is 1. The number of hydrogen-bond acceptors (Lipinski definition) is 3. The van der Waals surface area contributed by atoms with Crippen LogP contribution in [0.25, 0.3) is 0 Å². The van der Waals surface area contributed by atoms with Crippen LogP contribution in [-0.2, 0) is 9.59 Å². The Bertz CT molecular complexity index is 301. The summed E-state index contributed by atoms with van der Waals surface area (Å²) in [5, 5.41) is 8.89. The predicted octanol–water partition coefficient (Wildman–Crippen LogP) is 2.88. The molecule has 0 aliphatic carbocycles. The van der Waals surface area contributed by atoms with Gasteiger partial charge >= 0.3 is 5.97 Å². The van der Waals surface area contributed by atoms with Gasteiger partial charge in [-0.1, -0.05) is 0 Å². The highest BCUT2D eigenvalue weighted by Crippen LogP contribution is 2.29. The van der Waals surface area contributed by atoms with Crippen molar-refractivity contribution in [1.82, 2.24) is 4.90 Å². The summed E-state index contributed by atoms with van der Waals surface area (Å²) in [6.07, 6.45) is 0.299. The number of carbonyl (C=O) groups is 2. The highest BCUT2D eigenvalue weighted by Gasteiger charge is 2.40. The van der Waals surface area contributed by atoms with E-state index in [1.165, 1.54) is 0 Å². The van der Waals surface area contributed by atoms with Gasteiger partial charge in [0, 0.05) is 17.5 Å². The minimum absolute atomic E-state index is 0.0706. The topological polar surface area (TPSA) is 57.6 Å². The summed E-state index contributed by atoms with van der Waals surface area (Å²) in [7, 11) is 0. The Morgan fingerprint density at radius 3 is 1.72 bits per heavy atom. The molecule has 1 N–H and O–H groups in total. The fraction of sp³-hybridized carbons (Fsp3) is 0.846. The minimum Gasteiger partial charge on any atom is -0.480 e. The van der Waals surface area contributed by atoms with Crippen LogP contribution in [0.3, 0.4) is 0 Å². The summed E-state index contributed by atoms with van der Waals surface area (Å²) >= 11 is 5.31. The SMILES string of the molecule is CC(C)(C)N([C@@H](CCC(=O)Cl)C(=O)O)C(C)(C)C. The molecule has 18 heavy (non-hydrogen) atoms. The molecule has 0 aliphatic heterocycles. The maximum atomic E-state index is 11.5. The molecule has 0 aromatic heterocycles. The van der Waals surface area contributed by atoms with E-state index in [1.54, 1.807) is 0 Å². The number of hydrogen-bond donors (Lipinski definition) is 1. The third-order valence-corrected chi connectivity index (χ3v) is 2.85. The molecule has 0 saturated carbocycles. The molecule has 0 aromatic rings. The number of carboxylic acids is 1. The maximum absolute atomic E-state index is 11.5. The van der Waals surface area contributed by atoms with Crippen LogP contribution in [-0.4, -0.2) is 38.3 Å². The Hall–Kier alpha value is -0.610. The molecule has 0 rings (SSSR count). The van der Waals surface area contributed by atoms with Gasteiger partial charge in [-0.2, -0.15) is 0 Å². The van der Waals surface area contributed by atoms with Gasteiger partial charge in [0.15, 0.2) is 0 Å². The first-order valence-corrected chi connectivity index (χ1v) is 6.45. The molecule has 0 amide bonds. The van der Waals surface area contributed by atoms with Crippen LogP contribution in [0.15, 0.2) is 0 Å². The first-order chi connectivity index (χ1) is 7.87. The number of halogens is 1. The molecule has 0 aliphatic rings. The quantitative estimate of drug-likeness (QED) is 0.785. The Morgan fingerprint density at radius 1 is 1.11 bits per heavy atom. The van der Waals surface area contributed by atoms with E-state index >= 15 is 0 Å². The number of nitrogens with zero attached hydrogens (tertiary/aromatic N) is 1. The Labute approximate surface area is 114 Å². The Morgan fingerprint density at radius 2 is 1.50 bits per heavy atom. The molecule has 0 bridgehead atoms. The van der Waals surface area contributed by atoms with E-state index in [2.05, 4.69) is 0 Å². The average molecular weight is 278 g/mol. The summed E-state index contributed by atoms with van der Waals surface area (Å²) in [5.41, 5.74) is -0.618. The molecule has 0 heterocycles. The van der Waals surface area contributed by atoms with Crippen molar-refractivity contribution in [2.45, 2.75) is 71.5 Å². The standard InChI is InChI=1S/C13H24ClNO3/c1-12(2,3)15(13(4,5)6)9(11(17)18)7-8-10(14)16/h9H,7-8H2,1-6H3,(H,17,18)/t9-/m0/s1. The molecule has 0 fully saturated rings. The van der Waals surface area contributed by atoms with E-state index in [9.17, 15) is 14.7 Å². The molecule has 106 valence electrons. The molecule has 1 atom stereocenters. The van der Waals surface area contributed by atoms with Crippen LogP contribution in [0.4, 0.5) is 0 Å². The van der Waals surface area contributed by atoms with Crippen molar-refractivity contribution in [2.75, 3.05) is 0 Å². The van der Waals surface area contributed by atoms with Crippen LogP contribution in [0.5, 0.6) is 0 Å². The largest absolute Gasteiger partial charge is 0.480 e. The Kier molecular flexibility index (Phi) is 5.82. The van der Waals surface area contributed by atoms with Crippen LogP contribution in [0, 0.1) is 0 Å². The maximum Gasteiger partial charge on any atom is 0.320 e. The third-order valence-electron chi connectivity index (χ3n) is 2.66. The number of aliphatic carboxylic acids is 1. The van der Waals surface area contributed by atoms with Crippen molar-refractivity contribution < 1.29 is 14.7 Å². The second-order valence-electron chi connectivity index (χ2n) is 6.46. The van der Waals surface area contributed by atoms with Gasteiger partial charge in [-0.25, -0.2) is 0 Å². The van der Waals surface area contributed by atoms with Crippen molar-refractivity contribution in [3.63, 3.8) is 0 Å². The Balaban J connectivity index is 5.25. The molecule has 4 nitrogen and oxygen atoms in total. The third kappa shape index (κ3) is 5.36. The van der Waals surface area contributed by atoms with E-state index in [1.807, 2.05) is 46.4 Å². The average Bonchev–Trinajstić information content (AvgIpc) is 2.06. The lowest BCUT2D eigenvalue weighted by atomic mass is 9.91. The van der Waals surface area contributed by atoms with Crippen LogP contribution >= 0.6 is 11.6 Å². The zero-order valence-corrected chi connectivity index (χ0v) is 12.8. The zero-order valence-electron chi connectivity index (χ0n) is 12.1. The van der Waals surface area contributed by atoms with Crippen LogP contribution in [0.2, 0.25) is 0 Å². The highest BCUT2D eigenvalue weighted by molar-refractivity contribution is 6.63. The lowest BCUT2D eigenvalue weighted by Gasteiger charge is -2.48. The second-order valence-corrected chi connectivity index (χ2v) is 6.88.